The first-order valence-corrected chi connectivity index (χ1v) is 24.9. The van der Waals surface area contributed by atoms with Gasteiger partial charge in [-0.25, -0.2) is 4.79 Å². The van der Waals surface area contributed by atoms with E-state index in [9.17, 15) is 34.8 Å². The predicted octanol–water partition coefficient (Wildman–Crippen LogP) is 10.5. The number of fused-ring (bicyclic) bond motifs is 3. The van der Waals surface area contributed by atoms with E-state index >= 15 is 0 Å². The van der Waals surface area contributed by atoms with E-state index in [1.54, 1.807) is 0 Å². The van der Waals surface area contributed by atoms with Gasteiger partial charge in [-0.1, -0.05) is 127 Å². The second-order valence-corrected chi connectivity index (χ2v) is 18.6. The molecule has 11 heteroatoms. The summed E-state index contributed by atoms with van der Waals surface area (Å²) in [7, 11) is 0. The van der Waals surface area contributed by atoms with Gasteiger partial charge in [0.2, 0.25) is 0 Å². The van der Waals surface area contributed by atoms with Crippen LogP contribution in [-0.2, 0) is 33.3 Å². The van der Waals surface area contributed by atoms with Gasteiger partial charge in [0.05, 0.1) is 30.0 Å². The van der Waals surface area contributed by atoms with Crippen molar-refractivity contribution in [1.29, 1.82) is 0 Å². The van der Waals surface area contributed by atoms with Crippen LogP contribution in [0.4, 0.5) is 0 Å². The summed E-state index contributed by atoms with van der Waals surface area (Å²) in [5.74, 6) is 1.75. The van der Waals surface area contributed by atoms with Crippen LogP contribution in [-0.4, -0.2) is 93.8 Å². The fraction of sp³-hybridized carbons (Fsp3) is 0.792. The smallest absolute Gasteiger partial charge is 0.334 e. The molecular weight excluding hydrogens is 813 g/mol. The average molecular weight is 903 g/mol. The van der Waals surface area contributed by atoms with Crippen molar-refractivity contribution in [2.24, 2.45) is 5.92 Å². The Morgan fingerprint density at radius 3 is 1.70 bits per heavy atom. The van der Waals surface area contributed by atoms with Gasteiger partial charge in [0.15, 0.2) is 0 Å². The molecule has 0 radical (unpaired) electrons. The lowest BCUT2D eigenvalue weighted by Gasteiger charge is -2.19. The van der Waals surface area contributed by atoms with Crippen molar-refractivity contribution in [1.82, 2.24) is 0 Å². The molecule has 1 aliphatic carbocycles. The maximum absolute atomic E-state index is 11.7. The van der Waals surface area contributed by atoms with Gasteiger partial charge < -0.3 is 39.4 Å². The summed E-state index contributed by atoms with van der Waals surface area (Å²) < 4.78 is 20.7. The number of aliphatic hydroxyl groups excluding tert-OH is 4. The standard InChI is InChI=1S/C19H36O4.C19H34O4.C15H20O3/c2*1-3-4-5-6-7-8-9-10-11-12-13-14-18(21)15-19(22)16-23-17(2)20;1-9-5-4-8-15(3)13(18-15)12-11(7-6-9)10(2)14(16)17-12/h3,18-19,21-22H,1,4-16H2,2H3;1,18-19,21-22H,4-16H2,2H3;5,11-13H,2,4,6-8H2,1,3H3. The van der Waals surface area contributed by atoms with Crippen molar-refractivity contribution in [3.8, 4) is 12.3 Å². The third-order valence-electron chi connectivity index (χ3n) is 12.4. The van der Waals surface area contributed by atoms with Gasteiger partial charge in [-0.3, -0.25) is 9.59 Å². The molecule has 0 saturated carbocycles. The number of esters is 3. The third-order valence-corrected chi connectivity index (χ3v) is 12.4. The summed E-state index contributed by atoms with van der Waals surface area (Å²) in [6.45, 7) is 14.5. The summed E-state index contributed by atoms with van der Waals surface area (Å²) in [5.41, 5.74) is 1.91. The first kappa shape index (κ1) is 59.0. The molecule has 11 nitrogen and oxygen atoms in total. The summed E-state index contributed by atoms with van der Waals surface area (Å²) in [6.07, 6.45) is 36.8. The second kappa shape index (κ2) is 36.2. The van der Waals surface area contributed by atoms with Gasteiger partial charge in [0.25, 0.3) is 0 Å². The van der Waals surface area contributed by atoms with Crippen LogP contribution >= 0.6 is 0 Å². The number of allylic oxidation sites excluding steroid dienone is 3. The number of carbonyl (C=O) groups excluding carboxylic acids is 3. The van der Waals surface area contributed by atoms with Gasteiger partial charge >= 0.3 is 17.9 Å². The molecule has 0 spiro atoms. The minimum Gasteiger partial charge on any atom is -0.463 e. The number of hydrogen-bond acceptors (Lipinski definition) is 11. The first-order chi connectivity index (χ1) is 30.6. The highest BCUT2D eigenvalue weighted by molar-refractivity contribution is 5.91. The molecule has 2 heterocycles. The number of carbonyl (C=O) groups is 3. The number of terminal acetylenes is 1. The Hall–Kier alpha value is -3.01. The zero-order chi connectivity index (χ0) is 47.6. The Balaban J connectivity index is 0.000000483. The van der Waals surface area contributed by atoms with Crippen molar-refractivity contribution in [2.75, 3.05) is 13.2 Å². The van der Waals surface area contributed by atoms with Gasteiger partial charge in [-0.2, -0.15) is 0 Å². The van der Waals surface area contributed by atoms with Crippen LogP contribution in [0.1, 0.15) is 207 Å². The lowest BCUT2D eigenvalue weighted by molar-refractivity contribution is -0.145. The van der Waals surface area contributed by atoms with Crippen LogP contribution in [0.3, 0.4) is 0 Å². The molecule has 0 aromatic heterocycles. The highest BCUT2D eigenvalue weighted by atomic mass is 16.6. The quantitative estimate of drug-likeness (QED) is 0.00992. The van der Waals surface area contributed by atoms with Crippen molar-refractivity contribution >= 4 is 17.9 Å². The molecule has 0 aromatic carbocycles. The molecule has 3 aliphatic rings. The zero-order valence-corrected chi connectivity index (χ0v) is 40.5. The SMILES string of the molecule is C#CCCCCCCCCCCCC(O)CC(O)COC(C)=O.C=C1C(=O)OC2C1CCC(C)=CCCC1(C)OC21.C=CCCCCCCCCCCCC(O)CC(O)COC(C)=O. The molecular formula is C53H90O11. The number of hydrogen-bond donors (Lipinski definition) is 4. The number of ether oxygens (including phenoxy) is 4. The minimum absolute atomic E-state index is 0.0286. The number of rotatable bonds is 31. The number of aliphatic hydroxyl groups is 4. The van der Waals surface area contributed by atoms with E-state index in [-0.39, 0.29) is 55.8 Å². The molecule has 3 rings (SSSR count). The molecule has 64 heavy (non-hydrogen) atoms. The monoisotopic (exact) mass is 903 g/mol. The molecule has 8 atom stereocenters. The summed E-state index contributed by atoms with van der Waals surface area (Å²) in [5, 5.41) is 38.8. The molecule has 8 unspecified atom stereocenters. The molecule has 4 N–H and O–H groups in total. The van der Waals surface area contributed by atoms with Crippen molar-refractivity contribution in [2.45, 2.75) is 250 Å². The fourth-order valence-corrected chi connectivity index (χ4v) is 8.38. The Morgan fingerprint density at radius 1 is 0.797 bits per heavy atom. The van der Waals surface area contributed by atoms with Crippen molar-refractivity contribution in [3.05, 3.63) is 36.5 Å². The third kappa shape index (κ3) is 29.5. The van der Waals surface area contributed by atoms with Crippen LogP contribution in [0.15, 0.2) is 36.5 Å². The molecule has 2 aliphatic heterocycles. The lowest BCUT2D eigenvalue weighted by atomic mass is 9.84. The molecule has 368 valence electrons. The fourth-order valence-electron chi connectivity index (χ4n) is 8.38. The Morgan fingerprint density at radius 2 is 1.25 bits per heavy atom. The average Bonchev–Trinajstić information content (AvgIpc) is 3.84. The van der Waals surface area contributed by atoms with E-state index in [1.807, 2.05) is 6.08 Å². The van der Waals surface area contributed by atoms with Crippen LogP contribution < -0.4 is 0 Å². The predicted molar refractivity (Wildman–Crippen MR) is 255 cm³/mol. The Bertz CT molecular complexity index is 1370. The summed E-state index contributed by atoms with van der Waals surface area (Å²) in [4.78, 5) is 32.9. The highest BCUT2D eigenvalue weighted by Gasteiger charge is 2.61. The van der Waals surface area contributed by atoms with Gasteiger partial charge in [0.1, 0.15) is 25.4 Å². The minimum atomic E-state index is -0.775. The Kier molecular flexibility index (Phi) is 33.3. The number of unbranched alkanes of at least 4 members (excludes halogenated alkanes) is 18. The highest BCUT2D eigenvalue weighted by Crippen LogP contribution is 2.49. The van der Waals surface area contributed by atoms with E-state index < -0.39 is 36.4 Å². The van der Waals surface area contributed by atoms with E-state index in [0.29, 0.717) is 18.4 Å². The Labute approximate surface area is 388 Å². The lowest BCUT2D eigenvalue weighted by Crippen LogP contribution is -2.28. The molecule has 2 saturated heterocycles. The molecule has 2 fully saturated rings. The van der Waals surface area contributed by atoms with Crippen LogP contribution in [0, 0.1) is 18.3 Å². The summed E-state index contributed by atoms with van der Waals surface area (Å²) in [6, 6.07) is 0. The van der Waals surface area contributed by atoms with Crippen molar-refractivity contribution < 1.29 is 53.8 Å². The largest absolute Gasteiger partial charge is 0.463 e. The van der Waals surface area contributed by atoms with Crippen LogP contribution in [0.5, 0.6) is 0 Å². The van der Waals surface area contributed by atoms with Crippen molar-refractivity contribution in [3.63, 3.8) is 0 Å². The van der Waals surface area contributed by atoms with E-state index in [4.69, 9.17) is 25.4 Å². The maximum Gasteiger partial charge on any atom is 0.334 e. The number of epoxide rings is 1. The first-order valence-electron chi connectivity index (χ1n) is 24.9. The molecule has 0 amide bonds. The van der Waals surface area contributed by atoms with E-state index in [1.165, 1.54) is 103 Å². The van der Waals surface area contributed by atoms with Crippen LogP contribution in [0.25, 0.3) is 0 Å². The summed E-state index contributed by atoms with van der Waals surface area (Å²) >= 11 is 0. The van der Waals surface area contributed by atoms with Crippen LogP contribution in [0.2, 0.25) is 0 Å². The van der Waals surface area contributed by atoms with E-state index in [2.05, 4.69) is 39.0 Å². The van der Waals surface area contributed by atoms with E-state index in [0.717, 1.165) is 70.6 Å². The normalized spacial score (nSPS) is 21.9. The zero-order valence-electron chi connectivity index (χ0n) is 40.5. The molecule has 0 aromatic rings. The maximum atomic E-state index is 11.7. The van der Waals surface area contributed by atoms with Gasteiger partial charge in [-0.05, 0) is 71.6 Å². The van der Waals surface area contributed by atoms with Gasteiger partial charge in [-0.15, -0.1) is 18.9 Å². The molecule has 0 bridgehead atoms. The van der Waals surface area contributed by atoms with Gasteiger partial charge in [0, 0.05) is 44.6 Å². The topological polar surface area (TPSA) is 172 Å². The second-order valence-electron chi connectivity index (χ2n) is 18.6.